The zero-order valence-electron chi connectivity index (χ0n) is 13.5. The van der Waals surface area contributed by atoms with Crippen molar-refractivity contribution in [3.8, 4) is 22.4 Å². The van der Waals surface area contributed by atoms with E-state index in [9.17, 15) is 13.2 Å². The van der Waals surface area contributed by atoms with Crippen molar-refractivity contribution in [2.24, 2.45) is 0 Å². The Hall–Kier alpha value is -2.86. The van der Waals surface area contributed by atoms with Gasteiger partial charge in [0.15, 0.2) is 0 Å². The fraction of sp³-hybridized carbons (Fsp3) is 0.0526. The maximum Gasteiger partial charge on any atom is 0.235 e. The standard InChI is InChI=1S/C19H11ClF3N3/c1-10-4-2-3-5-12(10)17-16(15-13(22)8-11(21)9-14(15)23)18(20)25-19-24-6-7-26(17)19/h2-9H,1H3. The van der Waals surface area contributed by atoms with Gasteiger partial charge in [-0.2, -0.15) is 4.98 Å². The molecular weight excluding hydrogens is 363 g/mol. The monoisotopic (exact) mass is 373 g/mol. The summed E-state index contributed by atoms with van der Waals surface area (Å²) in [6, 6.07) is 8.58. The number of rotatable bonds is 2. The van der Waals surface area contributed by atoms with E-state index in [4.69, 9.17) is 11.6 Å². The highest BCUT2D eigenvalue weighted by Gasteiger charge is 2.24. The summed E-state index contributed by atoms with van der Waals surface area (Å²) >= 11 is 6.29. The van der Waals surface area contributed by atoms with Crippen molar-refractivity contribution in [2.75, 3.05) is 0 Å². The van der Waals surface area contributed by atoms with Gasteiger partial charge in [-0.05, 0) is 12.5 Å². The van der Waals surface area contributed by atoms with Crippen LogP contribution in [0.5, 0.6) is 0 Å². The minimum atomic E-state index is -1.06. The third-order valence-electron chi connectivity index (χ3n) is 4.16. The SMILES string of the molecule is Cc1ccccc1-c1c(-c2c(F)cc(F)cc2F)c(Cl)nc2nccn12. The predicted octanol–water partition coefficient (Wildman–Crippen LogP) is 5.44. The topological polar surface area (TPSA) is 30.2 Å². The second kappa shape index (κ2) is 6.14. The number of hydrogen-bond acceptors (Lipinski definition) is 2. The first kappa shape index (κ1) is 16.6. The molecule has 4 rings (SSSR count). The van der Waals surface area contributed by atoms with Gasteiger partial charge in [0.2, 0.25) is 5.78 Å². The smallest absolute Gasteiger partial charge is 0.235 e. The molecule has 0 unspecified atom stereocenters. The van der Waals surface area contributed by atoms with Crippen molar-refractivity contribution in [1.29, 1.82) is 0 Å². The van der Waals surface area contributed by atoms with Crippen molar-refractivity contribution in [3.05, 3.63) is 77.0 Å². The Labute approximate surface area is 151 Å². The molecule has 0 atom stereocenters. The minimum absolute atomic E-state index is 0.0430. The van der Waals surface area contributed by atoms with Crippen molar-refractivity contribution >= 4 is 17.4 Å². The highest BCUT2D eigenvalue weighted by atomic mass is 35.5. The summed E-state index contributed by atoms with van der Waals surface area (Å²) in [6.07, 6.45) is 3.14. The Balaban J connectivity index is 2.19. The van der Waals surface area contributed by atoms with Gasteiger partial charge in [-0.3, -0.25) is 4.40 Å². The molecule has 0 aliphatic heterocycles. The maximum atomic E-state index is 14.5. The summed E-state index contributed by atoms with van der Waals surface area (Å²) in [5.74, 6) is -2.82. The first-order chi connectivity index (χ1) is 12.5. The predicted molar refractivity (Wildman–Crippen MR) is 93.5 cm³/mol. The summed E-state index contributed by atoms with van der Waals surface area (Å²) in [7, 11) is 0. The van der Waals surface area contributed by atoms with Gasteiger partial charge in [0.1, 0.15) is 22.6 Å². The zero-order valence-corrected chi connectivity index (χ0v) is 14.2. The molecule has 0 saturated carbocycles. The van der Waals surface area contributed by atoms with E-state index in [2.05, 4.69) is 9.97 Å². The first-order valence-corrected chi connectivity index (χ1v) is 8.08. The summed E-state index contributed by atoms with van der Waals surface area (Å²) in [5.41, 5.74) is 1.62. The highest BCUT2D eigenvalue weighted by molar-refractivity contribution is 6.33. The van der Waals surface area contributed by atoms with Crippen LogP contribution in [0.2, 0.25) is 5.15 Å². The van der Waals surface area contributed by atoms with Crippen molar-refractivity contribution in [1.82, 2.24) is 14.4 Å². The van der Waals surface area contributed by atoms with Crippen LogP contribution in [0.4, 0.5) is 13.2 Å². The molecule has 26 heavy (non-hydrogen) atoms. The summed E-state index contributed by atoms with van der Waals surface area (Å²) in [4.78, 5) is 8.23. The number of nitrogens with zero attached hydrogens (tertiary/aromatic N) is 3. The third-order valence-corrected chi connectivity index (χ3v) is 4.43. The van der Waals surface area contributed by atoms with Crippen LogP contribution in [0.15, 0.2) is 48.8 Å². The van der Waals surface area contributed by atoms with E-state index < -0.39 is 23.0 Å². The number of aromatic nitrogens is 3. The average Bonchev–Trinajstić information content (AvgIpc) is 3.03. The number of aryl methyl sites for hydroxylation is 1. The minimum Gasteiger partial charge on any atom is -0.283 e. The average molecular weight is 374 g/mol. The van der Waals surface area contributed by atoms with Crippen LogP contribution in [0.1, 0.15) is 5.56 Å². The van der Waals surface area contributed by atoms with Crippen LogP contribution >= 0.6 is 11.6 Å². The van der Waals surface area contributed by atoms with Crippen LogP contribution < -0.4 is 0 Å². The lowest BCUT2D eigenvalue weighted by atomic mass is 9.96. The maximum absolute atomic E-state index is 14.5. The van der Waals surface area contributed by atoms with Crippen LogP contribution in [-0.4, -0.2) is 14.4 Å². The normalized spacial score (nSPS) is 11.3. The molecule has 0 spiro atoms. The number of imidazole rings is 1. The molecule has 3 nitrogen and oxygen atoms in total. The van der Waals surface area contributed by atoms with Crippen LogP contribution in [-0.2, 0) is 0 Å². The zero-order chi connectivity index (χ0) is 18.4. The number of fused-ring (bicyclic) bond motifs is 1. The van der Waals surface area contributed by atoms with Gasteiger partial charge in [-0.1, -0.05) is 35.9 Å². The second-order valence-corrected chi connectivity index (χ2v) is 6.14. The second-order valence-electron chi connectivity index (χ2n) is 5.78. The van der Waals surface area contributed by atoms with Crippen LogP contribution in [0, 0.1) is 24.4 Å². The quantitative estimate of drug-likeness (QED) is 0.438. The fourth-order valence-corrected chi connectivity index (χ4v) is 3.28. The number of benzene rings is 2. The lowest BCUT2D eigenvalue weighted by molar-refractivity contribution is 0.548. The molecule has 0 amide bonds. The van der Waals surface area contributed by atoms with Crippen LogP contribution in [0.25, 0.3) is 28.2 Å². The fourth-order valence-electron chi connectivity index (χ4n) is 3.02. The molecule has 7 heteroatoms. The molecule has 0 aliphatic rings. The Morgan fingerprint density at radius 3 is 2.38 bits per heavy atom. The van der Waals surface area contributed by atoms with E-state index >= 15 is 0 Å². The van der Waals surface area contributed by atoms with Crippen molar-refractivity contribution in [2.45, 2.75) is 6.92 Å². The molecule has 0 bridgehead atoms. The Morgan fingerprint density at radius 1 is 1.00 bits per heavy atom. The lowest BCUT2D eigenvalue weighted by Crippen LogP contribution is -2.03. The Morgan fingerprint density at radius 2 is 1.69 bits per heavy atom. The molecule has 2 aromatic heterocycles. The first-order valence-electron chi connectivity index (χ1n) is 7.71. The van der Waals surface area contributed by atoms with Crippen LogP contribution in [0.3, 0.4) is 0 Å². The Bertz CT molecular complexity index is 1130. The largest absolute Gasteiger partial charge is 0.283 e. The molecule has 4 aromatic rings. The van der Waals surface area contributed by atoms with Gasteiger partial charge in [-0.15, -0.1) is 0 Å². The van der Waals surface area contributed by atoms with E-state index in [1.54, 1.807) is 16.7 Å². The molecule has 0 N–H and O–H groups in total. The molecule has 2 heterocycles. The highest BCUT2D eigenvalue weighted by Crippen LogP contribution is 2.40. The van der Waals surface area contributed by atoms with E-state index in [1.165, 1.54) is 6.20 Å². The number of halogens is 4. The molecule has 0 saturated heterocycles. The van der Waals surface area contributed by atoms with Gasteiger partial charge in [0.05, 0.1) is 11.3 Å². The van der Waals surface area contributed by atoms with Gasteiger partial charge >= 0.3 is 0 Å². The number of hydrogen-bond donors (Lipinski definition) is 0. The molecular formula is C19H11ClF3N3. The van der Waals surface area contributed by atoms with Gasteiger partial charge in [-0.25, -0.2) is 18.2 Å². The summed E-state index contributed by atoms with van der Waals surface area (Å²) in [5, 5.41) is -0.119. The lowest BCUT2D eigenvalue weighted by Gasteiger charge is -2.16. The summed E-state index contributed by atoms with van der Waals surface area (Å²) < 4.78 is 44.0. The summed E-state index contributed by atoms with van der Waals surface area (Å²) in [6.45, 7) is 1.87. The molecule has 0 radical (unpaired) electrons. The van der Waals surface area contributed by atoms with Gasteiger partial charge in [0, 0.05) is 35.7 Å². The molecule has 2 aromatic carbocycles. The van der Waals surface area contributed by atoms with Gasteiger partial charge in [0.25, 0.3) is 0 Å². The molecule has 130 valence electrons. The van der Waals surface area contributed by atoms with Gasteiger partial charge < -0.3 is 0 Å². The van der Waals surface area contributed by atoms with E-state index in [0.717, 1.165) is 5.56 Å². The Kier molecular flexibility index (Phi) is 3.92. The molecule has 0 aliphatic carbocycles. The van der Waals surface area contributed by atoms with Crippen molar-refractivity contribution in [3.63, 3.8) is 0 Å². The third kappa shape index (κ3) is 2.54. The van der Waals surface area contributed by atoms with Crippen molar-refractivity contribution < 1.29 is 13.2 Å². The van der Waals surface area contributed by atoms with E-state index in [1.807, 2.05) is 25.1 Å². The van der Waals surface area contributed by atoms with E-state index in [-0.39, 0.29) is 10.7 Å². The van der Waals surface area contributed by atoms with E-state index in [0.29, 0.717) is 29.2 Å². The molecule has 0 fully saturated rings.